The van der Waals surface area contributed by atoms with Crippen molar-refractivity contribution < 1.29 is 24.6 Å². The van der Waals surface area contributed by atoms with E-state index in [4.69, 9.17) is 19.5 Å². The van der Waals surface area contributed by atoms with E-state index in [0.717, 1.165) is 0 Å². The van der Waals surface area contributed by atoms with Gasteiger partial charge in [-0.05, 0) is 5.31 Å². The van der Waals surface area contributed by atoms with Crippen molar-refractivity contribution in [2.24, 2.45) is 0 Å². The molecule has 0 spiro atoms. The number of hydrogen-bond donors (Lipinski definition) is 3. The second kappa shape index (κ2) is 4.80. The Bertz CT molecular complexity index is 205. The predicted molar refractivity (Wildman–Crippen MR) is 55.4 cm³/mol. The number of rotatable bonds is 3. The smallest absolute Gasteiger partial charge is 0.403 e. The fourth-order valence-corrected chi connectivity index (χ4v) is 1.50. The molecule has 3 unspecified atom stereocenters. The first-order chi connectivity index (χ1) is 6.90. The summed E-state index contributed by atoms with van der Waals surface area (Å²) in [4.78, 5) is 0. The topological polar surface area (TPSA) is 79.2 Å². The Hall–Kier alpha value is -0.135. The van der Waals surface area contributed by atoms with Crippen molar-refractivity contribution in [2.75, 3.05) is 13.2 Å². The molecule has 0 aromatic carbocycles. The molecule has 1 aliphatic heterocycles. The summed E-state index contributed by atoms with van der Waals surface area (Å²) in [5.74, 6) is 0. The van der Waals surface area contributed by atoms with Crippen LogP contribution in [0.25, 0.3) is 0 Å². The zero-order valence-corrected chi connectivity index (χ0v) is 9.38. The zero-order valence-electron chi connectivity index (χ0n) is 9.38. The van der Waals surface area contributed by atoms with Crippen LogP contribution in [0, 0.1) is 0 Å². The van der Waals surface area contributed by atoms with Crippen LogP contribution in [0.3, 0.4) is 0 Å². The van der Waals surface area contributed by atoms with Crippen LogP contribution >= 0.6 is 0 Å². The highest BCUT2D eigenvalue weighted by molar-refractivity contribution is 6.49. The first-order valence-corrected chi connectivity index (χ1v) is 5.11. The van der Waals surface area contributed by atoms with Crippen LogP contribution in [-0.2, 0) is 9.31 Å². The van der Waals surface area contributed by atoms with Crippen molar-refractivity contribution in [3.8, 4) is 0 Å². The number of aliphatic hydroxyl groups is 3. The Kier molecular flexibility index (Phi) is 4.14. The Morgan fingerprint density at radius 1 is 1.27 bits per heavy atom. The lowest BCUT2D eigenvalue weighted by molar-refractivity contribution is -0.0268. The first kappa shape index (κ1) is 12.9. The average molecular weight is 218 g/mol. The van der Waals surface area contributed by atoms with E-state index in [-0.39, 0.29) is 11.9 Å². The minimum atomic E-state index is -1.02. The van der Waals surface area contributed by atoms with Gasteiger partial charge in [0.15, 0.2) is 0 Å². The molecule has 0 radical (unpaired) electrons. The van der Waals surface area contributed by atoms with Gasteiger partial charge in [-0.1, -0.05) is 20.8 Å². The van der Waals surface area contributed by atoms with E-state index in [1.54, 1.807) is 0 Å². The Labute approximate surface area is 90.2 Å². The lowest BCUT2D eigenvalue weighted by atomic mass is 9.61. The van der Waals surface area contributed by atoms with Gasteiger partial charge in [0.05, 0.1) is 25.4 Å². The summed E-state index contributed by atoms with van der Waals surface area (Å²) in [6.07, 6.45) is -2.25. The highest BCUT2D eigenvalue weighted by Gasteiger charge is 2.48. The highest BCUT2D eigenvalue weighted by Crippen LogP contribution is 2.35. The second-order valence-electron chi connectivity index (χ2n) is 4.91. The van der Waals surface area contributed by atoms with E-state index in [9.17, 15) is 5.11 Å². The predicted octanol–water partition coefficient (Wildman–Crippen LogP) is -0.596. The van der Waals surface area contributed by atoms with E-state index in [2.05, 4.69) is 0 Å². The number of hydrogen-bond acceptors (Lipinski definition) is 5. The molecule has 88 valence electrons. The van der Waals surface area contributed by atoms with Gasteiger partial charge in [-0.3, -0.25) is 0 Å². The Balaban J connectivity index is 2.67. The zero-order chi connectivity index (χ0) is 11.6. The van der Waals surface area contributed by atoms with Crippen LogP contribution in [-0.4, -0.2) is 54.0 Å². The molecule has 1 aliphatic rings. The van der Waals surface area contributed by atoms with Crippen molar-refractivity contribution in [1.29, 1.82) is 0 Å². The third-order valence-corrected chi connectivity index (χ3v) is 2.40. The van der Waals surface area contributed by atoms with Crippen LogP contribution in [0.4, 0.5) is 0 Å². The van der Waals surface area contributed by atoms with Crippen LogP contribution < -0.4 is 0 Å². The third-order valence-electron chi connectivity index (χ3n) is 2.40. The molecule has 0 bridgehead atoms. The molecule has 0 saturated carbocycles. The molecule has 6 heteroatoms. The molecule has 1 fully saturated rings. The van der Waals surface area contributed by atoms with E-state index in [1.165, 1.54) is 0 Å². The third kappa shape index (κ3) is 2.92. The molecule has 3 N–H and O–H groups in total. The molecule has 15 heavy (non-hydrogen) atoms. The molecular formula is C9H19BO5. The van der Waals surface area contributed by atoms with Crippen molar-refractivity contribution in [2.45, 2.75) is 44.4 Å². The fourth-order valence-electron chi connectivity index (χ4n) is 1.50. The molecule has 5 nitrogen and oxygen atoms in total. The van der Waals surface area contributed by atoms with Gasteiger partial charge in [0.25, 0.3) is 0 Å². The first-order valence-electron chi connectivity index (χ1n) is 5.11. The molecule has 1 rings (SSSR count). The van der Waals surface area contributed by atoms with Crippen molar-refractivity contribution >= 4 is 7.12 Å². The largest absolute Gasteiger partial charge is 0.463 e. The lowest BCUT2D eigenvalue weighted by Crippen LogP contribution is -2.39. The van der Waals surface area contributed by atoms with Crippen molar-refractivity contribution in [3.63, 3.8) is 0 Å². The highest BCUT2D eigenvalue weighted by atomic mass is 16.7. The molecule has 1 saturated heterocycles. The maximum atomic E-state index is 9.48. The van der Waals surface area contributed by atoms with Gasteiger partial charge in [0.1, 0.15) is 6.10 Å². The van der Waals surface area contributed by atoms with Crippen LogP contribution in [0.15, 0.2) is 0 Å². The van der Waals surface area contributed by atoms with Gasteiger partial charge in [-0.25, -0.2) is 0 Å². The summed E-state index contributed by atoms with van der Waals surface area (Å²) in [6, 6.07) is 0. The summed E-state index contributed by atoms with van der Waals surface area (Å²) in [5.41, 5.74) is 0. The van der Waals surface area contributed by atoms with Crippen LogP contribution in [0.5, 0.6) is 0 Å². The van der Waals surface area contributed by atoms with Gasteiger partial charge in [-0.2, -0.15) is 0 Å². The molecule has 3 atom stereocenters. The van der Waals surface area contributed by atoms with E-state index < -0.39 is 32.0 Å². The molecule has 0 amide bonds. The molecule has 1 heterocycles. The summed E-state index contributed by atoms with van der Waals surface area (Å²) in [6.45, 7) is 5.20. The second-order valence-corrected chi connectivity index (χ2v) is 4.91. The quantitative estimate of drug-likeness (QED) is 0.551. The molecular weight excluding hydrogens is 199 g/mol. The van der Waals surface area contributed by atoms with Gasteiger partial charge in [0.2, 0.25) is 0 Å². The SMILES string of the molecule is CC(C)(C)B1OC(CO)C(C(O)CO)O1. The number of aliphatic hydroxyl groups excluding tert-OH is 3. The standard InChI is InChI=1S/C9H19BO5/c1-9(2,3)10-14-7(5-12)8(15-10)6(13)4-11/h6-8,11-13H,4-5H2,1-3H3. The van der Waals surface area contributed by atoms with Crippen molar-refractivity contribution in [3.05, 3.63) is 0 Å². The van der Waals surface area contributed by atoms with Gasteiger partial charge in [0, 0.05) is 0 Å². The summed E-state index contributed by atoms with van der Waals surface area (Å²) < 4.78 is 11.0. The average Bonchev–Trinajstić information content (AvgIpc) is 2.59. The van der Waals surface area contributed by atoms with Crippen LogP contribution in [0.1, 0.15) is 20.8 Å². The summed E-state index contributed by atoms with van der Waals surface area (Å²) in [7, 11) is -0.471. The van der Waals surface area contributed by atoms with Gasteiger partial charge >= 0.3 is 7.12 Å². The minimum Gasteiger partial charge on any atom is -0.403 e. The fraction of sp³-hybridized carbons (Fsp3) is 1.00. The normalized spacial score (nSPS) is 29.6. The Morgan fingerprint density at radius 2 is 1.87 bits per heavy atom. The van der Waals surface area contributed by atoms with E-state index in [0.29, 0.717) is 0 Å². The summed E-state index contributed by atoms with van der Waals surface area (Å²) in [5, 5.41) is 27.1. The van der Waals surface area contributed by atoms with E-state index >= 15 is 0 Å². The minimum absolute atomic E-state index is 0.225. The lowest BCUT2D eigenvalue weighted by Gasteiger charge is -2.21. The van der Waals surface area contributed by atoms with E-state index in [1.807, 2.05) is 20.8 Å². The monoisotopic (exact) mass is 218 g/mol. The Morgan fingerprint density at radius 3 is 2.27 bits per heavy atom. The van der Waals surface area contributed by atoms with Crippen LogP contribution in [0.2, 0.25) is 5.31 Å². The van der Waals surface area contributed by atoms with Gasteiger partial charge < -0.3 is 24.6 Å². The summed E-state index contributed by atoms with van der Waals surface area (Å²) >= 11 is 0. The molecule has 0 aromatic heterocycles. The maximum absolute atomic E-state index is 9.48. The molecule has 0 aromatic rings. The van der Waals surface area contributed by atoms with Gasteiger partial charge in [-0.15, -0.1) is 0 Å². The van der Waals surface area contributed by atoms with Crippen molar-refractivity contribution in [1.82, 2.24) is 0 Å². The molecule has 0 aliphatic carbocycles. The maximum Gasteiger partial charge on any atom is 0.463 e.